The number of fused-ring (bicyclic) bond motifs is 1. The van der Waals surface area contributed by atoms with E-state index in [-0.39, 0.29) is 10.6 Å². The van der Waals surface area contributed by atoms with Gasteiger partial charge in [-0.15, -0.1) is 0 Å². The third kappa shape index (κ3) is 1.22. The lowest BCUT2D eigenvalue weighted by atomic mass is 10.1. The molecule has 2 rings (SSSR count). The zero-order valence-electron chi connectivity index (χ0n) is 6.39. The van der Waals surface area contributed by atoms with E-state index in [0.717, 1.165) is 6.42 Å². The molecule has 0 radical (unpaired) electrons. The first-order valence-corrected chi connectivity index (χ1v) is 4.76. The fourth-order valence-corrected chi connectivity index (χ4v) is 1.99. The number of alkyl halides is 1. The van der Waals surface area contributed by atoms with Gasteiger partial charge in [-0.25, -0.2) is 4.39 Å². The molecule has 64 valence electrons. The Bertz CT molecular complexity index is 301. The topological polar surface area (TPSA) is 9.23 Å². The highest BCUT2D eigenvalue weighted by Crippen LogP contribution is 2.38. The average molecular weight is 231 g/mol. The molecule has 0 amide bonds. The van der Waals surface area contributed by atoms with Gasteiger partial charge in [0, 0.05) is 10.4 Å². The van der Waals surface area contributed by atoms with Crippen LogP contribution in [0.15, 0.2) is 18.2 Å². The Kier molecular flexibility index (Phi) is 2.05. The van der Waals surface area contributed by atoms with Crippen molar-refractivity contribution in [2.75, 3.05) is 6.61 Å². The quantitative estimate of drug-likeness (QED) is 0.623. The van der Waals surface area contributed by atoms with Gasteiger partial charge in [0.1, 0.15) is 11.6 Å². The molecular weight excluding hydrogens is 223 g/mol. The van der Waals surface area contributed by atoms with Crippen LogP contribution in [0.2, 0.25) is 0 Å². The summed E-state index contributed by atoms with van der Waals surface area (Å²) < 4.78 is 18.5. The van der Waals surface area contributed by atoms with Gasteiger partial charge < -0.3 is 4.74 Å². The molecule has 0 bridgehead atoms. The minimum atomic E-state index is -0.186. The molecule has 1 aromatic carbocycles. The predicted molar refractivity (Wildman–Crippen MR) is 48.2 cm³/mol. The second kappa shape index (κ2) is 3.05. The molecule has 0 aromatic heterocycles. The first-order valence-electron chi connectivity index (χ1n) is 3.84. The largest absolute Gasteiger partial charge is 0.493 e. The molecule has 0 N–H and O–H groups in total. The van der Waals surface area contributed by atoms with E-state index in [1.807, 2.05) is 0 Å². The second-order valence-electron chi connectivity index (χ2n) is 2.76. The normalized spacial score (nSPS) is 21.3. The highest BCUT2D eigenvalue weighted by atomic mass is 79.9. The van der Waals surface area contributed by atoms with Crippen molar-refractivity contribution < 1.29 is 9.13 Å². The van der Waals surface area contributed by atoms with Crippen molar-refractivity contribution in [2.45, 2.75) is 11.2 Å². The van der Waals surface area contributed by atoms with Gasteiger partial charge in [-0.2, -0.15) is 0 Å². The molecule has 0 saturated carbocycles. The molecule has 1 heterocycles. The summed E-state index contributed by atoms with van der Waals surface area (Å²) >= 11 is 3.42. The summed E-state index contributed by atoms with van der Waals surface area (Å²) in [7, 11) is 0. The van der Waals surface area contributed by atoms with E-state index >= 15 is 0 Å². The van der Waals surface area contributed by atoms with E-state index in [9.17, 15) is 4.39 Å². The number of ether oxygens (including phenoxy) is 1. The van der Waals surface area contributed by atoms with Gasteiger partial charge in [-0.3, -0.25) is 0 Å². The summed E-state index contributed by atoms with van der Waals surface area (Å²) in [6.45, 7) is 0.659. The lowest BCUT2D eigenvalue weighted by Crippen LogP contribution is -2.11. The molecular formula is C9H8BrFO. The van der Waals surface area contributed by atoms with Gasteiger partial charge >= 0.3 is 0 Å². The molecule has 1 aliphatic rings. The Labute approximate surface area is 78.7 Å². The minimum absolute atomic E-state index is 0.0995. The Morgan fingerprint density at radius 2 is 2.33 bits per heavy atom. The van der Waals surface area contributed by atoms with E-state index < -0.39 is 0 Å². The monoisotopic (exact) mass is 230 g/mol. The number of halogens is 2. The standard InChI is InChI=1S/C9H8BrFO/c10-6-4-5-12-8-3-1-2-7(11)9(6)8/h1-3,6H,4-5H2. The molecule has 0 fully saturated rings. The fourth-order valence-electron chi connectivity index (χ4n) is 1.36. The zero-order valence-corrected chi connectivity index (χ0v) is 7.97. The van der Waals surface area contributed by atoms with Crippen molar-refractivity contribution in [2.24, 2.45) is 0 Å². The van der Waals surface area contributed by atoms with Gasteiger partial charge in [-0.1, -0.05) is 22.0 Å². The molecule has 3 heteroatoms. The van der Waals surface area contributed by atoms with Crippen molar-refractivity contribution in [1.29, 1.82) is 0 Å². The average Bonchev–Trinajstić information content (AvgIpc) is 2.04. The Morgan fingerprint density at radius 3 is 3.08 bits per heavy atom. The first kappa shape index (κ1) is 8.05. The van der Waals surface area contributed by atoms with Crippen LogP contribution in [0.5, 0.6) is 5.75 Å². The smallest absolute Gasteiger partial charge is 0.131 e. The summed E-state index contributed by atoms with van der Waals surface area (Å²) in [6, 6.07) is 4.92. The third-order valence-corrected chi connectivity index (χ3v) is 2.87. The van der Waals surface area contributed by atoms with Crippen LogP contribution in [0.4, 0.5) is 4.39 Å². The molecule has 0 saturated heterocycles. The molecule has 1 unspecified atom stereocenters. The molecule has 1 atom stereocenters. The Balaban J connectivity index is 2.53. The fraction of sp³-hybridized carbons (Fsp3) is 0.333. The molecule has 1 aromatic rings. The summed E-state index contributed by atoms with van der Waals surface area (Å²) in [5, 5.41) is 0. The van der Waals surface area contributed by atoms with E-state index in [1.165, 1.54) is 6.07 Å². The maximum absolute atomic E-state index is 13.2. The van der Waals surface area contributed by atoms with E-state index in [1.54, 1.807) is 12.1 Å². The zero-order chi connectivity index (χ0) is 8.55. The molecule has 1 aliphatic heterocycles. The maximum Gasteiger partial charge on any atom is 0.131 e. The van der Waals surface area contributed by atoms with Gasteiger partial charge in [-0.05, 0) is 18.6 Å². The number of hydrogen-bond donors (Lipinski definition) is 0. The number of benzene rings is 1. The van der Waals surface area contributed by atoms with Crippen molar-refractivity contribution >= 4 is 15.9 Å². The van der Waals surface area contributed by atoms with Gasteiger partial charge in [0.25, 0.3) is 0 Å². The van der Waals surface area contributed by atoms with Crippen LogP contribution in [-0.4, -0.2) is 6.61 Å². The van der Waals surface area contributed by atoms with Gasteiger partial charge in [0.05, 0.1) is 6.61 Å². The third-order valence-electron chi connectivity index (χ3n) is 1.96. The lowest BCUT2D eigenvalue weighted by molar-refractivity contribution is 0.283. The van der Waals surface area contributed by atoms with Crippen molar-refractivity contribution in [3.05, 3.63) is 29.6 Å². The predicted octanol–water partition coefficient (Wildman–Crippen LogP) is 3.04. The van der Waals surface area contributed by atoms with Gasteiger partial charge in [0.15, 0.2) is 0 Å². The van der Waals surface area contributed by atoms with Crippen LogP contribution in [0.1, 0.15) is 16.8 Å². The van der Waals surface area contributed by atoms with Crippen LogP contribution >= 0.6 is 15.9 Å². The van der Waals surface area contributed by atoms with Crippen molar-refractivity contribution in [1.82, 2.24) is 0 Å². The summed E-state index contributed by atoms with van der Waals surface area (Å²) in [4.78, 5) is 0.0995. The molecule has 1 nitrogen and oxygen atoms in total. The molecule has 12 heavy (non-hydrogen) atoms. The molecule has 0 spiro atoms. The van der Waals surface area contributed by atoms with Crippen LogP contribution in [-0.2, 0) is 0 Å². The minimum Gasteiger partial charge on any atom is -0.493 e. The summed E-state index contributed by atoms with van der Waals surface area (Å²) in [5.74, 6) is 0.484. The number of rotatable bonds is 0. The molecule has 0 aliphatic carbocycles. The summed E-state index contributed by atoms with van der Waals surface area (Å²) in [5.41, 5.74) is 0.656. The van der Waals surface area contributed by atoms with Crippen LogP contribution in [0, 0.1) is 5.82 Å². The maximum atomic E-state index is 13.2. The summed E-state index contributed by atoms with van der Waals surface area (Å²) in [6.07, 6.45) is 0.827. The highest BCUT2D eigenvalue weighted by molar-refractivity contribution is 9.09. The van der Waals surface area contributed by atoms with Crippen LogP contribution < -0.4 is 4.74 Å². The second-order valence-corrected chi connectivity index (χ2v) is 3.86. The van der Waals surface area contributed by atoms with E-state index in [2.05, 4.69) is 15.9 Å². The number of hydrogen-bond acceptors (Lipinski definition) is 1. The van der Waals surface area contributed by atoms with Crippen molar-refractivity contribution in [3.63, 3.8) is 0 Å². The lowest BCUT2D eigenvalue weighted by Gasteiger charge is -2.21. The Hall–Kier alpha value is -0.570. The SMILES string of the molecule is Fc1cccc2c1C(Br)CCO2. The van der Waals surface area contributed by atoms with E-state index in [4.69, 9.17) is 4.74 Å². The van der Waals surface area contributed by atoms with Crippen LogP contribution in [0.25, 0.3) is 0 Å². The van der Waals surface area contributed by atoms with Gasteiger partial charge in [0.2, 0.25) is 0 Å². The van der Waals surface area contributed by atoms with Crippen LogP contribution in [0.3, 0.4) is 0 Å². The first-order chi connectivity index (χ1) is 5.79. The van der Waals surface area contributed by atoms with E-state index in [0.29, 0.717) is 17.9 Å². The Morgan fingerprint density at radius 1 is 1.50 bits per heavy atom. The van der Waals surface area contributed by atoms with Crippen molar-refractivity contribution in [3.8, 4) is 5.75 Å². The highest BCUT2D eigenvalue weighted by Gasteiger charge is 2.21.